The predicted octanol–water partition coefficient (Wildman–Crippen LogP) is 6.93. The summed E-state index contributed by atoms with van der Waals surface area (Å²) in [6.45, 7) is 0. The Balaban J connectivity index is 1.45. The fraction of sp³-hybridized carbons (Fsp3) is 0.231. The number of aliphatic imine (C=N–C) groups is 1. The molecule has 2 aliphatic rings. The summed E-state index contributed by atoms with van der Waals surface area (Å²) in [6, 6.07) is 16.6. The highest BCUT2D eigenvalue weighted by Gasteiger charge is 2.38. The monoisotopic (exact) mass is 491 g/mol. The number of nitro groups is 1. The van der Waals surface area contributed by atoms with Crippen LogP contribution in [0.4, 0.5) is 15.8 Å². The van der Waals surface area contributed by atoms with Crippen molar-refractivity contribution >= 4 is 40.3 Å². The molecule has 1 aliphatic heterocycles. The quantitative estimate of drug-likeness (QED) is 0.219. The number of carbonyl (C=O) groups excluding carboxylic acids is 1. The molecule has 2 aromatic carbocycles. The van der Waals surface area contributed by atoms with Crippen molar-refractivity contribution < 1.29 is 18.5 Å². The van der Waals surface area contributed by atoms with Gasteiger partial charge in [-0.15, -0.1) is 0 Å². The second-order valence-electron chi connectivity index (χ2n) is 8.43. The summed E-state index contributed by atoms with van der Waals surface area (Å²) in [5.41, 5.74) is 0.539. The number of amides is 1. The van der Waals surface area contributed by atoms with Crippen LogP contribution in [-0.4, -0.2) is 26.9 Å². The summed E-state index contributed by atoms with van der Waals surface area (Å²) in [4.78, 5) is 30.8. The normalized spacial score (nSPS) is 19.1. The van der Waals surface area contributed by atoms with Crippen molar-refractivity contribution in [3.05, 3.63) is 87.3 Å². The Labute approximate surface area is 205 Å². The van der Waals surface area contributed by atoms with Gasteiger partial charge in [-0.2, -0.15) is 4.39 Å². The van der Waals surface area contributed by atoms with Crippen molar-refractivity contribution in [2.24, 2.45) is 4.99 Å². The minimum absolute atomic E-state index is 0.105. The molecule has 7 nitrogen and oxygen atoms in total. The Morgan fingerprint density at radius 2 is 1.86 bits per heavy atom. The zero-order chi connectivity index (χ0) is 24.4. The SMILES string of the molecule is O=C1/C(=C/c2ccc(-c3ccc(F)c([N+](=O)[O-])c3)o2)SC(=Nc2ccccc2)N1C1CCCCC1. The number of carbonyl (C=O) groups is 1. The summed E-state index contributed by atoms with van der Waals surface area (Å²) < 4.78 is 19.5. The highest BCUT2D eigenvalue weighted by Crippen LogP contribution is 2.39. The van der Waals surface area contributed by atoms with Gasteiger partial charge in [0.2, 0.25) is 5.82 Å². The molecule has 178 valence electrons. The molecule has 1 aliphatic carbocycles. The van der Waals surface area contributed by atoms with Gasteiger partial charge in [0.05, 0.1) is 15.5 Å². The zero-order valence-electron chi connectivity index (χ0n) is 18.7. The number of hydrogen-bond donors (Lipinski definition) is 0. The van der Waals surface area contributed by atoms with Gasteiger partial charge in [-0.1, -0.05) is 37.5 Å². The smallest absolute Gasteiger partial charge is 0.305 e. The number of halogens is 1. The molecule has 0 atom stereocenters. The molecule has 3 aromatic rings. The molecule has 1 aromatic heterocycles. The van der Waals surface area contributed by atoms with Crippen LogP contribution in [0.25, 0.3) is 17.4 Å². The average molecular weight is 492 g/mol. The number of nitrogens with zero attached hydrogens (tertiary/aromatic N) is 3. The van der Waals surface area contributed by atoms with Crippen LogP contribution < -0.4 is 0 Å². The number of rotatable bonds is 5. The number of thioether (sulfide) groups is 1. The van der Waals surface area contributed by atoms with Crippen LogP contribution in [-0.2, 0) is 4.79 Å². The van der Waals surface area contributed by atoms with Crippen LogP contribution in [0.15, 0.2) is 75.0 Å². The van der Waals surface area contributed by atoms with Crippen LogP contribution in [0.3, 0.4) is 0 Å². The lowest BCUT2D eigenvalue weighted by Gasteiger charge is -2.30. The van der Waals surface area contributed by atoms with Gasteiger partial charge in [-0.05, 0) is 61.0 Å². The molecule has 1 amide bonds. The number of amidine groups is 1. The van der Waals surface area contributed by atoms with Gasteiger partial charge in [-0.3, -0.25) is 19.8 Å². The van der Waals surface area contributed by atoms with Crippen LogP contribution >= 0.6 is 11.8 Å². The van der Waals surface area contributed by atoms with E-state index in [1.54, 1.807) is 18.2 Å². The van der Waals surface area contributed by atoms with E-state index in [2.05, 4.69) is 0 Å². The lowest BCUT2D eigenvalue weighted by Crippen LogP contribution is -2.40. The molecule has 0 spiro atoms. The minimum Gasteiger partial charge on any atom is -0.457 e. The molecular weight excluding hydrogens is 469 g/mol. The maximum Gasteiger partial charge on any atom is 0.305 e. The third-order valence-electron chi connectivity index (χ3n) is 6.09. The van der Waals surface area contributed by atoms with Crippen LogP contribution in [0, 0.1) is 15.9 Å². The van der Waals surface area contributed by atoms with Crippen molar-refractivity contribution in [2.75, 3.05) is 0 Å². The summed E-state index contributed by atoms with van der Waals surface area (Å²) in [6.07, 6.45) is 6.90. The lowest BCUT2D eigenvalue weighted by molar-refractivity contribution is -0.387. The second-order valence-corrected chi connectivity index (χ2v) is 9.44. The van der Waals surface area contributed by atoms with Gasteiger partial charge < -0.3 is 4.42 Å². The Morgan fingerprint density at radius 1 is 1.09 bits per heavy atom. The van der Waals surface area contributed by atoms with Gasteiger partial charge in [0, 0.05) is 23.7 Å². The Bertz CT molecular complexity index is 1330. The maximum atomic E-state index is 13.7. The molecule has 0 bridgehead atoms. The van der Waals surface area contributed by atoms with Crippen molar-refractivity contribution in [3.63, 3.8) is 0 Å². The van der Waals surface area contributed by atoms with Crippen molar-refractivity contribution in [1.29, 1.82) is 0 Å². The maximum absolute atomic E-state index is 13.7. The van der Waals surface area contributed by atoms with Crippen molar-refractivity contribution in [3.8, 4) is 11.3 Å². The molecule has 1 saturated heterocycles. The summed E-state index contributed by atoms with van der Waals surface area (Å²) in [7, 11) is 0. The van der Waals surface area contributed by atoms with E-state index in [1.807, 2.05) is 35.2 Å². The average Bonchev–Trinajstić information content (AvgIpc) is 3.45. The third kappa shape index (κ3) is 4.90. The third-order valence-corrected chi connectivity index (χ3v) is 7.07. The second kappa shape index (κ2) is 9.87. The highest BCUT2D eigenvalue weighted by atomic mass is 32.2. The Hall–Kier alpha value is -3.72. The standard InChI is InChI=1S/C26H22FN3O4S/c27-21-13-11-17(15-22(21)30(32)33)23-14-12-20(34-23)16-24-25(31)29(19-9-5-2-6-10-19)26(35-24)28-18-7-3-1-4-8-18/h1,3-4,7-8,11-16,19H,2,5-6,9-10H2/b24-16-,28-26?. The molecule has 5 rings (SSSR count). The lowest BCUT2D eigenvalue weighted by atomic mass is 9.94. The molecular formula is C26H22FN3O4S. The van der Waals surface area contributed by atoms with Gasteiger partial charge in [0.1, 0.15) is 11.5 Å². The highest BCUT2D eigenvalue weighted by molar-refractivity contribution is 8.18. The molecule has 0 radical (unpaired) electrons. The molecule has 1 saturated carbocycles. The molecule has 2 fully saturated rings. The number of hydrogen-bond acceptors (Lipinski definition) is 6. The van der Waals surface area contributed by atoms with E-state index in [9.17, 15) is 19.3 Å². The van der Waals surface area contributed by atoms with E-state index in [-0.39, 0.29) is 11.9 Å². The fourth-order valence-corrected chi connectivity index (χ4v) is 5.40. The minimum atomic E-state index is -0.909. The Morgan fingerprint density at radius 3 is 2.60 bits per heavy atom. The van der Waals surface area contributed by atoms with Crippen LogP contribution in [0.2, 0.25) is 0 Å². The van der Waals surface area contributed by atoms with Crippen molar-refractivity contribution in [2.45, 2.75) is 38.1 Å². The largest absolute Gasteiger partial charge is 0.457 e. The first-order valence-electron chi connectivity index (χ1n) is 11.4. The van der Waals surface area contributed by atoms with Gasteiger partial charge in [0.25, 0.3) is 5.91 Å². The summed E-state index contributed by atoms with van der Waals surface area (Å²) >= 11 is 1.31. The van der Waals surface area contributed by atoms with E-state index >= 15 is 0 Å². The predicted molar refractivity (Wildman–Crippen MR) is 134 cm³/mol. The van der Waals surface area contributed by atoms with E-state index in [4.69, 9.17) is 9.41 Å². The fourth-order valence-electron chi connectivity index (χ4n) is 4.36. The van der Waals surface area contributed by atoms with Gasteiger partial charge in [-0.25, -0.2) is 4.99 Å². The first-order chi connectivity index (χ1) is 17.0. The first kappa shape index (κ1) is 23.0. The van der Waals surface area contributed by atoms with E-state index < -0.39 is 16.4 Å². The number of nitro benzene ring substituents is 1. The van der Waals surface area contributed by atoms with Gasteiger partial charge in [0.15, 0.2) is 5.17 Å². The van der Waals surface area contributed by atoms with E-state index in [0.29, 0.717) is 27.2 Å². The van der Waals surface area contributed by atoms with Crippen LogP contribution in [0.5, 0.6) is 0 Å². The van der Waals surface area contributed by atoms with Gasteiger partial charge >= 0.3 is 5.69 Å². The number of benzene rings is 2. The topological polar surface area (TPSA) is 88.9 Å². The van der Waals surface area contributed by atoms with Crippen LogP contribution in [0.1, 0.15) is 37.9 Å². The molecule has 0 unspecified atom stereocenters. The molecule has 2 heterocycles. The molecule has 0 N–H and O–H groups in total. The number of para-hydroxylation sites is 1. The molecule has 9 heteroatoms. The molecule has 35 heavy (non-hydrogen) atoms. The first-order valence-corrected chi connectivity index (χ1v) is 12.2. The van der Waals surface area contributed by atoms with Crippen molar-refractivity contribution in [1.82, 2.24) is 4.90 Å². The summed E-state index contributed by atoms with van der Waals surface area (Å²) in [5, 5.41) is 11.7. The van der Waals surface area contributed by atoms with E-state index in [0.717, 1.165) is 43.5 Å². The van der Waals surface area contributed by atoms with E-state index in [1.165, 1.54) is 24.2 Å². The summed E-state index contributed by atoms with van der Waals surface area (Å²) in [5.74, 6) is -0.245. The Kier molecular flexibility index (Phi) is 6.50. The number of furan rings is 1. The zero-order valence-corrected chi connectivity index (χ0v) is 19.5.